The van der Waals surface area contributed by atoms with Crippen molar-refractivity contribution in [1.82, 2.24) is 20.2 Å². The highest BCUT2D eigenvalue weighted by Gasteiger charge is 2.24. The Hall–Kier alpha value is -3.22. The topological polar surface area (TPSA) is 73.1 Å². The third kappa shape index (κ3) is 5.29. The molecule has 1 amide bonds. The Morgan fingerprint density at radius 2 is 1.82 bits per heavy atom. The van der Waals surface area contributed by atoms with E-state index in [2.05, 4.69) is 38.4 Å². The number of anilines is 1. The predicted octanol–water partition coefficient (Wildman–Crippen LogP) is 5.06. The van der Waals surface area contributed by atoms with Crippen molar-refractivity contribution in [2.75, 3.05) is 11.5 Å². The van der Waals surface area contributed by atoms with Gasteiger partial charge >= 0.3 is 0 Å². The number of ether oxygens (including phenoxy) is 1. The van der Waals surface area contributed by atoms with Crippen molar-refractivity contribution >= 4 is 11.6 Å². The molecule has 34 heavy (non-hydrogen) atoms. The molecule has 0 atom stereocenters. The first kappa shape index (κ1) is 22.6. The number of nitrogens with zero attached hydrogens (tertiary/aromatic N) is 5. The summed E-state index contributed by atoms with van der Waals surface area (Å²) in [5.41, 5.74) is 3.32. The van der Waals surface area contributed by atoms with Crippen LogP contribution in [0.4, 0.5) is 5.69 Å². The molecular formula is C27H33N5O2. The standard InChI is InChI=1S/C27H33N5O2/c33-27-17-14-22-19-24(15-16-25(22)31(27)20-21-9-3-1-4-10-21)34-18-8-7-13-26-28-29-30-32(26)23-11-5-2-6-12-23/h1,3-4,9-10,15-16,19,23H,2,5-8,11-14,17-18,20H2. The third-order valence-electron chi connectivity index (χ3n) is 6.98. The SMILES string of the molecule is O=C1CCc2cc(OCCCCc3nnnn3C3CCCCC3)ccc2N1Cc1ccccc1. The first-order valence-electron chi connectivity index (χ1n) is 12.6. The fourth-order valence-electron chi connectivity index (χ4n) is 5.13. The smallest absolute Gasteiger partial charge is 0.227 e. The molecule has 7 nitrogen and oxygen atoms in total. The van der Waals surface area contributed by atoms with Gasteiger partial charge in [0.1, 0.15) is 5.75 Å². The quantitative estimate of drug-likeness (QED) is 0.418. The first-order chi connectivity index (χ1) is 16.8. The summed E-state index contributed by atoms with van der Waals surface area (Å²) in [7, 11) is 0. The summed E-state index contributed by atoms with van der Waals surface area (Å²) in [6, 6.07) is 16.7. The molecule has 1 aliphatic heterocycles. The van der Waals surface area contributed by atoms with E-state index in [1.54, 1.807) is 0 Å². The number of amides is 1. The number of benzene rings is 2. The van der Waals surface area contributed by atoms with Crippen molar-refractivity contribution < 1.29 is 9.53 Å². The third-order valence-corrected chi connectivity index (χ3v) is 6.98. The van der Waals surface area contributed by atoms with Gasteiger partial charge in [-0.2, -0.15) is 0 Å². The van der Waals surface area contributed by atoms with Crippen LogP contribution in [0, 0.1) is 0 Å². The lowest BCUT2D eigenvalue weighted by molar-refractivity contribution is -0.119. The summed E-state index contributed by atoms with van der Waals surface area (Å²) < 4.78 is 8.12. The number of carbonyl (C=O) groups excluding carboxylic acids is 1. The first-order valence-corrected chi connectivity index (χ1v) is 12.6. The van der Waals surface area contributed by atoms with Crippen molar-refractivity contribution in [3.63, 3.8) is 0 Å². The van der Waals surface area contributed by atoms with Crippen LogP contribution in [-0.4, -0.2) is 32.7 Å². The highest BCUT2D eigenvalue weighted by molar-refractivity contribution is 5.96. The van der Waals surface area contributed by atoms with Gasteiger partial charge in [-0.3, -0.25) is 4.79 Å². The average Bonchev–Trinajstić information content (AvgIpc) is 3.35. The second-order valence-electron chi connectivity index (χ2n) is 9.39. The molecular weight excluding hydrogens is 426 g/mol. The Balaban J connectivity index is 1.13. The van der Waals surface area contributed by atoms with E-state index in [1.807, 2.05) is 35.2 Å². The Bertz CT molecular complexity index is 1090. The van der Waals surface area contributed by atoms with Crippen LogP contribution < -0.4 is 9.64 Å². The molecule has 2 aliphatic rings. The molecule has 3 aromatic rings. The van der Waals surface area contributed by atoms with E-state index < -0.39 is 0 Å². The second-order valence-corrected chi connectivity index (χ2v) is 9.39. The molecule has 5 rings (SSSR count). The van der Waals surface area contributed by atoms with E-state index >= 15 is 0 Å². The summed E-state index contributed by atoms with van der Waals surface area (Å²) in [6.45, 7) is 1.27. The van der Waals surface area contributed by atoms with Crippen LogP contribution >= 0.6 is 0 Å². The van der Waals surface area contributed by atoms with Crippen LogP contribution in [0.2, 0.25) is 0 Å². The lowest BCUT2D eigenvalue weighted by Gasteiger charge is -2.30. The molecule has 0 unspecified atom stereocenters. The van der Waals surface area contributed by atoms with Crippen molar-refractivity contribution in [2.24, 2.45) is 0 Å². The molecule has 0 spiro atoms. The van der Waals surface area contributed by atoms with Gasteiger partial charge in [0, 0.05) is 18.5 Å². The zero-order valence-electron chi connectivity index (χ0n) is 19.7. The maximum absolute atomic E-state index is 12.6. The van der Waals surface area contributed by atoms with Gasteiger partial charge in [-0.25, -0.2) is 4.68 Å². The van der Waals surface area contributed by atoms with E-state index in [-0.39, 0.29) is 5.91 Å². The molecule has 0 bridgehead atoms. The molecule has 1 fully saturated rings. The van der Waals surface area contributed by atoms with Crippen LogP contribution in [0.3, 0.4) is 0 Å². The molecule has 1 aromatic heterocycles. The fraction of sp³-hybridized carbons (Fsp3) is 0.481. The monoisotopic (exact) mass is 459 g/mol. The fourth-order valence-corrected chi connectivity index (χ4v) is 5.13. The lowest BCUT2D eigenvalue weighted by Crippen LogP contribution is -2.34. The Kier molecular flexibility index (Phi) is 7.17. The number of carbonyl (C=O) groups is 1. The van der Waals surface area contributed by atoms with E-state index in [0.29, 0.717) is 25.6 Å². The molecule has 2 aromatic carbocycles. The Morgan fingerprint density at radius 1 is 0.971 bits per heavy atom. The Morgan fingerprint density at radius 3 is 2.68 bits per heavy atom. The van der Waals surface area contributed by atoms with Gasteiger partial charge in [0.05, 0.1) is 19.2 Å². The van der Waals surface area contributed by atoms with E-state index in [4.69, 9.17) is 4.74 Å². The summed E-state index contributed by atoms with van der Waals surface area (Å²) in [5.74, 6) is 2.06. The summed E-state index contributed by atoms with van der Waals surface area (Å²) in [4.78, 5) is 14.5. The number of aromatic nitrogens is 4. The molecule has 7 heteroatoms. The average molecular weight is 460 g/mol. The molecule has 1 aliphatic carbocycles. The van der Waals surface area contributed by atoms with Crippen LogP contribution in [0.5, 0.6) is 5.75 Å². The maximum atomic E-state index is 12.6. The highest BCUT2D eigenvalue weighted by atomic mass is 16.5. The van der Waals surface area contributed by atoms with Gasteiger partial charge in [-0.15, -0.1) is 5.10 Å². The van der Waals surface area contributed by atoms with Crippen molar-refractivity contribution in [3.8, 4) is 5.75 Å². The van der Waals surface area contributed by atoms with Gasteiger partial charge in [0.2, 0.25) is 5.91 Å². The van der Waals surface area contributed by atoms with Crippen molar-refractivity contribution in [1.29, 1.82) is 0 Å². The van der Waals surface area contributed by atoms with Gasteiger partial charge in [0.25, 0.3) is 0 Å². The predicted molar refractivity (Wildman–Crippen MR) is 131 cm³/mol. The summed E-state index contributed by atoms with van der Waals surface area (Å²) >= 11 is 0. The van der Waals surface area contributed by atoms with E-state index in [0.717, 1.165) is 48.5 Å². The van der Waals surface area contributed by atoms with Crippen LogP contribution in [-0.2, 0) is 24.2 Å². The largest absolute Gasteiger partial charge is 0.494 e. The van der Waals surface area contributed by atoms with Gasteiger partial charge < -0.3 is 9.64 Å². The number of hydrogen-bond acceptors (Lipinski definition) is 5. The molecule has 0 saturated heterocycles. The second kappa shape index (κ2) is 10.8. The van der Waals surface area contributed by atoms with Crippen LogP contribution in [0.25, 0.3) is 0 Å². The normalized spacial score (nSPS) is 16.5. The van der Waals surface area contributed by atoms with Crippen LogP contribution in [0.1, 0.15) is 74.4 Å². The summed E-state index contributed by atoms with van der Waals surface area (Å²) in [6.07, 6.45) is 10.4. The minimum absolute atomic E-state index is 0.181. The number of tetrazole rings is 1. The van der Waals surface area contributed by atoms with Gasteiger partial charge in [-0.05, 0) is 71.9 Å². The number of aryl methyl sites for hydroxylation is 2. The van der Waals surface area contributed by atoms with Crippen LogP contribution in [0.15, 0.2) is 48.5 Å². The lowest BCUT2D eigenvalue weighted by atomic mass is 9.95. The van der Waals surface area contributed by atoms with Crippen molar-refractivity contribution in [2.45, 2.75) is 76.8 Å². The number of hydrogen-bond donors (Lipinski definition) is 0. The van der Waals surface area contributed by atoms with E-state index in [9.17, 15) is 4.79 Å². The maximum Gasteiger partial charge on any atom is 0.227 e. The van der Waals surface area contributed by atoms with Gasteiger partial charge in [-0.1, -0.05) is 49.6 Å². The number of rotatable bonds is 9. The van der Waals surface area contributed by atoms with Gasteiger partial charge in [0.15, 0.2) is 5.82 Å². The number of fused-ring (bicyclic) bond motifs is 1. The molecule has 1 saturated carbocycles. The molecule has 0 N–H and O–H groups in total. The molecule has 2 heterocycles. The minimum Gasteiger partial charge on any atom is -0.494 e. The molecule has 178 valence electrons. The Labute approximate surface area is 201 Å². The minimum atomic E-state index is 0.181. The zero-order chi connectivity index (χ0) is 23.2. The summed E-state index contributed by atoms with van der Waals surface area (Å²) in [5, 5.41) is 12.5. The molecule has 0 radical (unpaired) electrons. The van der Waals surface area contributed by atoms with E-state index in [1.165, 1.54) is 37.7 Å². The highest BCUT2D eigenvalue weighted by Crippen LogP contribution is 2.32. The number of unbranched alkanes of at least 4 members (excludes halogenated alkanes) is 1. The zero-order valence-corrected chi connectivity index (χ0v) is 19.7. The van der Waals surface area contributed by atoms with Crippen molar-refractivity contribution in [3.05, 3.63) is 65.5 Å².